The molecule has 2 amide bonds. The van der Waals surface area contributed by atoms with Gasteiger partial charge in [0.15, 0.2) is 0 Å². The Morgan fingerprint density at radius 2 is 1.94 bits per heavy atom. The Morgan fingerprint density at radius 3 is 2.61 bits per heavy atom. The third-order valence-electron chi connectivity index (χ3n) is 3.33. The molecule has 1 unspecified atom stereocenters. The zero-order valence-corrected chi connectivity index (χ0v) is 10.6. The number of likely N-dealkylation sites (N-methyl/N-ethyl adjacent to an activating group) is 1. The second-order valence-corrected chi connectivity index (χ2v) is 4.49. The first-order valence-electron chi connectivity index (χ1n) is 6.31. The number of hydrogen-bond acceptors (Lipinski definition) is 2. The molecule has 0 aliphatic carbocycles. The van der Waals surface area contributed by atoms with Crippen LogP contribution in [0.1, 0.15) is 29.6 Å². The van der Waals surface area contributed by atoms with Gasteiger partial charge in [-0.05, 0) is 31.4 Å². The van der Waals surface area contributed by atoms with Gasteiger partial charge in [0.2, 0.25) is 5.91 Å². The Labute approximate surface area is 107 Å². The minimum Gasteiger partial charge on any atom is -0.357 e. The maximum atomic E-state index is 12.4. The predicted molar refractivity (Wildman–Crippen MR) is 69.2 cm³/mol. The number of nitrogens with zero attached hydrogens (tertiary/aromatic N) is 1. The summed E-state index contributed by atoms with van der Waals surface area (Å²) < 4.78 is 0. The lowest BCUT2D eigenvalue weighted by molar-refractivity contribution is -0.126. The van der Waals surface area contributed by atoms with Crippen molar-refractivity contribution in [1.82, 2.24) is 10.2 Å². The average Bonchev–Trinajstić information content (AvgIpc) is 2.46. The molecule has 96 valence electrons. The molecule has 0 radical (unpaired) electrons. The van der Waals surface area contributed by atoms with Crippen LogP contribution in [0, 0.1) is 0 Å². The van der Waals surface area contributed by atoms with E-state index in [0.717, 1.165) is 19.3 Å². The van der Waals surface area contributed by atoms with E-state index in [1.807, 2.05) is 18.2 Å². The SMILES string of the molecule is CNC(=O)C1CCCCN1C(=O)c1ccccc1. The zero-order valence-electron chi connectivity index (χ0n) is 10.6. The highest BCUT2D eigenvalue weighted by atomic mass is 16.2. The molecule has 1 aliphatic rings. The normalized spacial score (nSPS) is 19.4. The van der Waals surface area contributed by atoms with Crippen molar-refractivity contribution in [2.45, 2.75) is 25.3 Å². The molecule has 1 atom stereocenters. The highest BCUT2D eigenvalue weighted by Crippen LogP contribution is 2.19. The maximum Gasteiger partial charge on any atom is 0.254 e. The Hall–Kier alpha value is -1.84. The quantitative estimate of drug-likeness (QED) is 0.858. The van der Waals surface area contributed by atoms with Crippen molar-refractivity contribution in [1.29, 1.82) is 0 Å². The summed E-state index contributed by atoms with van der Waals surface area (Å²) in [5.74, 6) is -0.122. The molecule has 0 bridgehead atoms. The number of benzene rings is 1. The molecule has 1 heterocycles. The van der Waals surface area contributed by atoms with Crippen LogP contribution in [0.25, 0.3) is 0 Å². The highest BCUT2D eigenvalue weighted by molar-refractivity contribution is 5.97. The van der Waals surface area contributed by atoms with Gasteiger partial charge in [-0.2, -0.15) is 0 Å². The Kier molecular flexibility index (Phi) is 3.97. The fraction of sp³-hybridized carbons (Fsp3) is 0.429. The molecule has 0 aromatic heterocycles. The van der Waals surface area contributed by atoms with E-state index in [-0.39, 0.29) is 17.9 Å². The summed E-state index contributed by atoms with van der Waals surface area (Å²) in [6.07, 6.45) is 2.71. The standard InChI is InChI=1S/C14H18N2O2/c1-15-13(17)12-9-5-6-10-16(12)14(18)11-7-3-2-4-8-11/h2-4,7-8,12H,5-6,9-10H2,1H3,(H,15,17). The number of piperidine rings is 1. The summed E-state index contributed by atoms with van der Waals surface area (Å²) in [6.45, 7) is 0.659. The lowest BCUT2D eigenvalue weighted by Crippen LogP contribution is -2.51. The van der Waals surface area contributed by atoms with Gasteiger partial charge in [-0.1, -0.05) is 18.2 Å². The average molecular weight is 246 g/mol. The van der Waals surface area contributed by atoms with Gasteiger partial charge in [0.1, 0.15) is 6.04 Å². The molecule has 4 heteroatoms. The van der Waals surface area contributed by atoms with Gasteiger partial charge in [0.05, 0.1) is 0 Å². The van der Waals surface area contributed by atoms with Gasteiger partial charge < -0.3 is 10.2 Å². The number of amides is 2. The molecule has 18 heavy (non-hydrogen) atoms. The van der Waals surface area contributed by atoms with Gasteiger partial charge in [-0.3, -0.25) is 9.59 Å². The summed E-state index contributed by atoms with van der Waals surface area (Å²) >= 11 is 0. The zero-order chi connectivity index (χ0) is 13.0. The minimum atomic E-state index is -0.323. The number of hydrogen-bond donors (Lipinski definition) is 1. The predicted octanol–water partition coefficient (Wildman–Crippen LogP) is 1.43. The molecule has 1 aliphatic heterocycles. The number of nitrogens with one attached hydrogen (secondary N) is 1. The lowest BCUT2D eigenvalue weighted by atomic mass is 10.00. The van der Waals surface area contributed by atoms with E-state index in [9.17, 15) is 9.59 Å². The second kappa shape index (κ2) is 5.67. The van der Waals surface area contributed by atoms with E-state index in [4.69, 9.17) is 0 Å². The summed E-state index contributed by atoms with van der Waals surface area (Å²) in [7, 11) is 1.61. The topological polar surface area (TPSA) is 49.4 Å². The molecular weight excluding hydrogens is 228 g/mol. The van der Waals surface area contributed by atoms with E-state index >= 15 is 0 Å². The van der Waals surface area contributed by atoms with Gasteiger partial charge in [-0.15, -0.1) is 0 Å². The first-order valence-corrected chi connectivity index (χ1v) is 6.31. The minimum absolute atomic E-state index is 0.0519. The third-order valence-corrected chi connectivity index (χ3v) is 3.33. The van der Waals surface area contributed by atoms with Crippen molar-refractivity contribution in [3.8, 4) is 0 Å². The molecule has 2 rings (SSSR count). The van der Waals surface area contributed by atoms with Gasteiger partial charge in [0.25, 0.3) is 5.91 Å². The van der Waals surface area contributed by atoms with Crippen LogP contribution >= 0.6 is 0 Å². The van der Waals surface area contributed by atoms with E-state index in [2.05, 4.69) is 5.32 Å². The van der Waals surface area contributed by atoms with Crippen molar-refractivity contribution >= 4 is 11.8 Å². The van der Waals surface area contributed by atoms with Crippen LogP contribution in [0.2, 0.25) is 0 Å². The van der Waals surface area contributed by atoms with Crippen LogP contribution in [0.3, 0.4) is 0 Å². The van der Waals surface area contributed by atoms with Crippen LogP contribution in [0.5, 0.6) is 0 Å². The van der Waals surface area contributed by atoms with Crippen LogP contribution in [-0.4, -0.2) is 36.3 Å². The Morgan fingerprint density at radius 1 is 1.22 bits per heavy atom. The number of carbonyl (C=O) groups excluding carboxylic acids is 2. The van der Waals surface area contributed by atoms with E-state index < -0.39 is 0 Å². The molecule has 1 saturated heterocycles. The van der Waals surface area contributed by atoms with E-state index in [1.54, 1.807) is 24.1 Å². The van der Waals surface area contributed by atoms with Crippen LogP contribution in [0.4, 0.5) is 0 Å². The van der Waals surface area contributed by atoms with E-state index in [0.29, 0.717) is 12.1 Å². The molecule has 1 N–H and O–H groups in total. The third kappa shape index (κ3) is 2.53. The molecule has 1 fully saturated rings. The molecular formula is C14H18N2O2. The van der Waals surface area contributed by atoms with Crippen molar-refractivity contribution in [3.05, 3.63) is 35.9 Å². The van der Waals surface area contributed by atoms with E-state index in [1.165, 1.54) is 0 Å². The monoisotopic (exact) mass is 246 g/mol. The van der Waals surface area contributed by atoms with Gasteiger partial charge >= 0.3 is 0 Å². The Bertz CT molecular complexity index is 431. The summed E-state index contributed by atoms with van der Waals surface area (Å²) in [5, 5.41) is 2.64. The molecule has 4 nitrogen and oxygen atoms in total. The van der Waals surface area contributed by atoms with Crippen LogP contribution in [-0.2, 0) is 4.79 Å². The van der Waals surface area contributed by atoms with Crippen molar-refractivity contribution in [2.24, 2.45) is 0 Å². The molecule has 0 saturated carbocycles. The van der Waals surface area contributed by atoms with Crippen molar-refractivity contribution < 1.29 is 9.59 Å². The molecule has 0 spiro atoms. The van der Waals surface area contributed by atoms with Crippen LogP contribution in [0.15, 0.2) is 30.3 Å². The fourth-order valence-corrected chi connectivity index (χ4v) is 2.36. The summed E-state index contributed by atoms with van der Waals surface area (Å²) in [5.41, 5.74) is 0.647. The first kappa shape index (κ1) is 12.6. The molecule has 1 aromatic rings. The molecule has 1 aromatic carbocycles. The number of likely N-dealkylation sites (tertiary alicyclic amines) is 1. The fourth-order valence-electron chi connectivity index (χ4n) is 2.36. The lowest BCUT2D eigenvalue weighted by Gasteiger charge is -2.34. The maximum absolute atomic E-state index is 12.4. The number of carbonyl (C=O) groups is 2. The van der Waals surface area contributed by atoms with Crippen molar-refractivity contribution in [2.75, 3.05) is 13.6 Å². The number of rotatable bonds is 2. The summed E-state index contributed by atoms with van der Waals surface area (Å²) in [4.78, 5) is 25.9. The Balaban J connectivity index is 2.19. The second-order valence-electron chi connectivity index (χ2n) is 4.49. The van der Waals surface area contributed by atoms with Crippen LogP contribution < -0.4 is 5.32 Å². The smallest absolute Gasteiger partial charge is 0.254 e. The van der Waals surface area contributed by atoms with Gasteiger partial charge in [-0.25, -0.2) is 0 Å². The highest BCUT2D eigenvalue weighted by Gasteiger charge is 2.31. The first-order chi connectivity index (χ1) is 8.74. The largest absolute Gasteiger partial charge is 0.357 e. The van der Waals surface area contributed by atoms with Gasteiger partial charge in [0, 0.05) is 19.2 Å². The van der Waals surface area contributed by atoms with Crippen molar-refractivity contribution in [3.63, 3.8) is 0 Å². The summed E-state index contributed by atoms with van der Waals surface area (Å²) in [6, 6.07) is 8.81.